The Kier molecular flexibility index (Phi) is 5.91. The number of aromatic nitrogens is 1. The molecule has 2 aliphatic rings. The van der Waals surface area contributed by atoms with E-state index in [-0.39, 0.29) is 17.4 Å². The van der Waals surface area contributed by atoms with Gasteiger partial charge in [-0.1, -0.05) is 29.5 Å². The summed E-state index contributed by atoms with van der Waals surface area (Å²) >= 11 is 1.35. The Morgan fingerprint density at radius 3 is 2.68 bits per heavy atom. The molecule has 1 N–H and O–H groups in total. The number of benzene rings is 3. The summed E-state index contributed by atoms with van der Waals surface area (Å²) in [6, 6.07) is 17.6. The number of Topliss-reactive ketones (excluding diaryl/α,β-unsaturated/α-hetero) is 1. The summed E-state index contributed by atoms with van der Waals surface area (Å²) in [5.41, 5.74) is 3.94. The van der Waals surface area contributed by atoms with Crippen LogP contribution in [0.15, 0.2) is 66.2 Å². The quantitative estimate of drug-likeness (QED) is 0.196. The predicted molar refractivity (Wildman–Crippen MR) is 147 cm³/mol. The number of rotatable bonds is 5. The topological polar surface area (TPSA) is 89.0 Å². The van der Waals surface area contributed by atoms with Crippen LogP contribution in [-0.4, -0.2) is 34.5 Å². The van der Waals surface area contributed by atoms with Crippen molar-refractivity contribution < 1.29 is 24.2 Å². The van der Waals surface area contributed by atoms with Gasteiger partial charge in [-0.15, -0.1) is 0 Å². The van der Waals surface area contributed by atoms with Crippen molar-refractivity contribution in [1.29, 1.82) is 0 Å². The van der Waals surface area contributed by atoms with Gasteiger partial charge in [0.05, 0.1) is 28.4 Å². The second-order valence-electron chi connectivity index (χ2n) is 9.59. The number of fused-ring (bicyclic) bond motifs is 2. The number of aliphatic hydroxyl groups is 1. The molecule has 0 saturated carbocycles. The first-order valence-electron chi connectivity index (χ1n) is 12.5. The van der Waals surface area contributed by atoms with Gasteiger partial charge in [0.2, 0.25) is 0 Å². The molecular formula is C30H26N2O5S. The number of hydrogen-bond donors (Lipinski definition) is 1. The molecule has 8 heteroatoms. The van der Waals surface area contributed by atoms with Gasteiger partial charge in [0, 0.05) is 12.0 Å². The number of amides is 1. The van der Waals surface area contributed by atoms with Crippen LogP contribution in [0.4, 0.5) is 5.13 Å². The molecule has 3 heterocycles. The summed E-state index contributed by atoms with van der Waals surface area (Å²) in [4.78, 5) is 33.2. The average molecular weight is 527 g/mol. The minimum absolute atomic E-state index is 0.0292. The molecule has 0 bridgehead atoms. The van der Waals surface area contributed by atoms with E-state index in [9.17, 15) is 14.7 Å². The summed E-state index contributed by atoms with van der Waals surface area (Å²) in [7, 11) is 0. The number of aliphatic hydroxyl groups excluding tert-OH is 1. The first-order valence-corrected chi connectivity index (χ1v) is 13.4. The fraction of sp³-hybridized carbons (Fsp3) is 0.233. The highest BCUT2D eigenvalue weighted by atomic mass is 32.1. The third-order valence-electron chi connectivity index (χ3n) is 6.86. The van der Waals surface area contributed by atoms with Crippen LogP contribution in [0.1, 0.15) is 42.1 Å². The highest BCUT2D eigenvalue weighted by Gasteiger charge is 2.48. The van der Waals surface area contributed by atoms with E-state index in [1.807, 2.05) is 57.2 Å². The van der Waals surface area contributed by atoms with Gasteiger partial charge in [-0.25, -0.2) is 4.98 Å². The average Bonchev–Trinajstić information content (AvgIpc) is 3.56. The first kappa shape index (κ1) is 24.2. The zero-order valence-corrected chi connectivity index (χ0v) is 22.0. The molecule has 2 aliphatic heterocycles. The van der Waals surface area contributed by atoms with Gasteiger partial charge in [0.1, 0.15) is 23.4 Å². The van der Waals surface area contributed by atoms with E-state index in [0.29, 0.717) is 35.0 Å². The lowest BCUT2D eigenvalue weighted by Gasteiger charge is -2.23. The summed E-state index contributed by atoms with van der Waals surface area (Å²) in [6.07, 6.45) is 0.748. The Morgan fingerprint density at radius 1 is 1.13 bits per heavy atom. The molecule has 1 amide bonds. The first-order chi connectivity index (χ1) is 18.3. The van der Waals surface area contributed by atoms with Gasteiger partial charge < -0.3 is 14.6 Å². The number of aryl methyl sites for hydroxylation is 1. The Balaban J connectivity index is 1.51. The van der Waals surface area contributed by atoms with Crippen molar-refractivity contribution in [2.24, 2.45) is 0 Å². The molecule has 2 atom stereocenters. The van der Waals surface area contributed by atoms with Crippen molar-refractivity contribution >= 4 is 44.1 Å². The number of nitrogens with zero attached hydrogens (tertiary/aromatic N) is 2. The van der Waals surface area contributed by atoms with Crippen LogP contribution in [0.3, 0.4) is 0 Å². The zero-order chi connectivity index (χ0) is 26.6. The number of ether oxygens (including phenoxy) is 2. The van der Waals surface area contributed by atoms with Crippen LogP contribution in [0.25, 0.3) is 16.0 Å². The second kappa shape index (κ2) is 9.29. The van der Waals surface area contributed by atoms with Crippen molar-refractivity contribution in [3.05, 3.63) is 88.5 Å². The lowest BCUT2D eigenvalue weighted by Crippen LogP contribution is -2.29. The van der Waals surface area contributed by atoms with Crippen LogP contribution in [-0.2, 0) is 16.0 Å². The van der Waals surface area contributed by atoms with Gasteiger partial charge in [-0.2, -0.15) is 0 Å². The maximum atomic E-state index is 13.5. The minimum atomic E-state index is -0.851. The molecule has 7 nitrogen and oxygen atoms in total. The number of thiazole rings is 1. The summed E-state index contributed by atoms with van der Waals surface area (Å²) in [6.45, 7) is 6.40. The van der Waals surface area contributed by atoms with Crippen LogP contribution >= 0.6 is 11.3 Å². The molecule has 6 rings (SSSR count). The van der Waals surface area contributed by atoms with Crippen LogP contribution in [0.2, 0.25) is 0 Å². The molecule has 1 fully saturated rings. The van der Waals surface area contributed by atoms with E-state index in [2.05, 4.69) is 0 Å². The SMILES string of the molecule is CCOc1ccc(C2/C(=C(/O)c3ccc4c(c3)CC(C)O4)C(=O)C(=O)N2c2nc3ccc(C)cc3s2)cc1. The third-order valence-corrected chi connectivity index (χ3v) is 7.88. The number of hydrogen-bond acceptors (Lipinski definition) is 7. The smallest absolute Gasteiger partial charge is 0.301 e. The Bertz CT molecular complexity index is 1620. The molecule has 2 unspecified atom stereocenters. The largest absolute Gasteiger partial charge is 0.507 e. The summed E-state index contributed by atoms with van der Waals surface area (Å²) in [5, 5.41) is 11.9. The Hall–Kier alpha value is -4.17. The number of ketones is 1. The molecule has 3 aromatic carbocycles. The third kappa shape index (κ3) is 4.01. The summed E-state index contributed by atoms with van der Waals surface area (Å²) < 4.78 is 12.3. The summed E-state index contributed by atoms with van der Waals surface area (Å²) in [5.74, 6) is -0.246. The zero-order valence-electron chi connectivity index (χ0n) is 21.2. The second-order valence-corrected chi connectivity index (χ2v) is 10.6. The molecular weight excluding hydrogens is 500 g/mol. The molecule has 1 saturated heterocycles. The lowest BCUT2D eigenvalue weighted by molar-refractivity contribution is -0.132. The fourth-order valence-corrected chi connectivity index (χ4v) is 6.20. The van der Waals surface area contributed by atoms with Gasteiger partial charge in [-0.3, -0.25) is 14.5 Å². The maximum Gasteiger partial charge on any atom is 0.301 e. The number of carbonyl (C=O) groups is 2. The number of carbonyl (C=O) groups excluding carboxylic acids is 2. The van der Waals surface area contributed by atoms with E-state index in [1.54, 1.807) is 24.3 Å². The molecule has 1 aromatic heterocycles. The van der Waals surface area contributed by atoms with E-state index >= 15 is 0 Å². The van der Waals surface area contributed by atoms with Crippen molar-refractivity contribution in [2.75, 3.05) is 11.5 Å². The molecule has 0 spiro atoms. The molecule has 192 valence electrons. The predicted octanol–water partition coefficient (Wildman–Crippen LogP) is 5.95. The van der Waals surface area contributed by atoms with E-state index in [4.69, 9.17) is 14.5 Å². The fourth-order valence-electron chi connectivity index (χ4n) is 5.11. The highest BCUT2D eigenvalue weighted by molar-refractivity contribution is 7.22. The molecule has 0 radical (unpaired) electrons. The number of anilines is 1. The van der Waals surface area contributed by atoms with Crippen LogP contribution in [0, 0.1) is 6.92 Å². The van der Waals surface area contributed by atoms with Crippen LogP contribution < -0.4 is 14.4 Å². The normalized spacial score (nSPS) is 20.1. The van der Waals surface area contributed by atoms with E-state index in [0.717, 1.165) is 27.1 Å². The van der Waals surface area contributed by atoms with Crippen molar-refractivity contribution in [3.63, 3.8) is 0 Å². The van der Waals surface area contributed by atoms with E-state index in [1.165, 1.54) is 16.2 Å². The van der Waals surface area contributed by atoms with Gasteiger partial charge in [-0.05, 0) is 79.9 Å². The molecule has 4 aromatic rings. The molecule has 38 heavy (non-hydrogen) atoms. The van der Waals surface area contributed by atoms with Crippen molar-refractivity contribution in [3.8, 4) is 11.5 Å². The van der Waals surface area contributed by atoms with Gasteiger partial charge >= 0.3 is 5.91 Å². The lowest BCUT2D eigenvalue weighted by atomic mass is 9.94. The van der Waals surface area contributed by atoms with Crippen LogP contribution in [0.5, 0.6) is 11.5 Å². The van der Waals surface area contributed by atoms with E-state index < -0.39 is 17.7 Å². The van der Waals surface area contributed by atoms with Gasteiger partial charge in [0.15, 0.2) is 5.13 Å². The van der Waals surface area contributed by atoms with Gasteiger partial charge in [0.25, 0.3) is 5.78 Å². The van der Waals surface area contributed by atoms with Crippen molar-refractivity contribution in [1.82, 2.24) is 4.98 Å². The Labute approximate surface area is 224 Å². The highest BCUT2D eigenvalue weighted by Crippen LogP contribution is 2.45. The maximum absolute atomic E-state index is 13.5. The Morgan fingerprint density at radius 2 is 1.92 bits per heavy atom. The molecule has 0 aliphatic carbocycles. The van der Waals surface area contributed by atoms with Crippen molar-refractivity contribution in [2.45, 2.75) is 39.3 Å². The monoisotopic (exact) mass is 526 g/mol. The standard InChI is InChI=1S/C30H26N2O5S/c1-4-36-21-9-6-18(7-10-21)26-25(27(33)19-8-12-23-20(15-19)14-17(3)37-23)28(34)29(35)32(26)30-31-22-11-5-16(2)13-24(22)38-30/h5-13,15,17,26,33H,4,14H2,1-3H3/b27-25-. The minimum Gasteiger partial charge on any atom is -0.507 e.